The molecule has 3 heterocycles. The number of primary amides is 1. The Kier molecular flexibility index (Phi) is 38.4. The van der Waals surface area contributed by atoms with Crippen molar-refractivity contribution in [3.8, 4) is 11.5 Å². The molecule has 5 rings (SSSR count). The monoisotopic (exact) mass is 1480 g/mol. The van der Waals surface area contributed by atoms with E-state index in [0.717, 1.165) is 49.8 Å². The summed E-state index contributed by atoms with van der Waals surface area (Å²) in [5.41, 5.74) is 12.0. The zero-order chi connectivity index (χ0) is 77.9. The third kappa shape index (κ3) is 31.5. The molecule has 11 amide bonds. The smallest absolute Gasteiger partial charge is 0.334 e. The van der Waals surface area contributed by atoms with Gasteiger partial charge in [-0.25, -0.2) is 4.79 Å². The highest BCUT2D eigenvalue weighted by molar-refractivity contribution is 5.99. The lowest BCUT2D eigenvalue weighted by Gasteiger charge is -2.30. The molecule has 0 saturated carbocycles. The number of hydrogen-bond acceptors (Lipinski definition) is 19. The van der Waals surface area contributed by atoms with Gasteiger partial charge in [0.2, 0.25) is 65.0 Å². The molecule has 11 unspecified atom stereocenters. The van der Waals surface area contributed by atoms with Crippen LogP contribution in [0.15, 0.2) is 48.5 Å². The Morgan fingerprint density at radius 3 is 1.76 bits per heavy atom. The normalized spacial score (nSPS) is 22.2. The first-order valence-electron chi connectivity index (χ1n) is 36.7. The Balaban J connectivity index is 1.74. The molecule has 2 aromatic rings. The van der Waals surface area contributed by atoms with Crippen molar-refractivity contribution in [2.45, 2.75) is 275 Å². The number of phenols is 1. The first-order valence-corrected chi connectivity index (χ1v) is 36.7. The molecule has 32 heteroatoms. The number of esters is 1. The van der Waals surface area contributed by atoms with Crippen LogP contribution in [-0.2, 0) is 80.0 Å². The number of aliphatic hydroxyl groups excluding tert-OH is 2. The number of nitrogens with zero attached hydrogens (tertiary/aromatic N) is 1. The number of nitrogens with two attached hydrogens (primary N) is 2. The molecule has 584 valence electrons. The minimum Gasteiger partial charge on any atom is -0.508 e. The highest BCUT2D eigenvalue weighted by Crippen LogP contribution is 2.23. The van der Waals surface area contributed by atoms with Crippen molar-refractivity contribution in [1.82, 2.24) is 52.8 Å². The van der Waals surface area contributed by atoms with E-state index in [0.29, 0.717) is 24.8 Å². The maximum Gasteiger partial charge on any atom is 0.334 e. The molecule has 105 heavy (non-hydrogen) atoms. The lowest BCUT2D eigenvalue weighted by Crippen LogP contribution is -2.62. The number of aliphatic carboxylic acids is 2. The molecule has 0 aromatic heterocycles. The summed E-state index contributed by atoms with van der Waals surface area (Å²) in [5.74, 6) is -14.7. The predicted octanol–water partition coefficient (Wildman–Crippen LogP) is 1.33. The van der Waals surface area contributed by atoms with Crippen molar-refractivity contribution in [2.75, 3.05) is 13.1 Å². The maximum atomic E-state index is 14.8. The average Bonchev–Trinajstić information content (AvgIpc) is 1.78. The number of phenolic OH excluding ortho intramolecular Hbond substituents is 1. The van der Waals surface area contributed by atoms with E-state index in [1.165, 1.54) is 81.1 Å². The van der Waals surface area contributed by atoms with E-state index < -0.39 is 213 Å². The molecule has 0 aliphatic carbocycles. The van der Waals surface area contributed by atoms with Gasteiger partial charge in [-0.1, -0.05) is 123 Å². The lowest BCUT2D eigenvalue weighted by molar-refractivity contribution is -0.143. The van der Waals surface area contributed by atoms with Crippen LogP contribution in [0.25, 0.3) is 0 Å². The van der Waals surface area contributed by atoms with Crippen LogP contribution >= 0.6 is 0 Å². The van der Waals surface area contributed by atoms with Gasteiger partial charge in [-0.05, 0) is 119 Å². The van der Waals surface area contributed by atoms with Crippen LogP contribution in [0.2, 0.25) is 0 Å². The van der Waals surface area contributed by atoms with Crippen molar-refractivity contribution >= 4 is 82.9 Å². The molecule has 2 bridgehead atoms. The number of rotatable bonds is 36. The second-order valence-electron chi connectivity index (χ2n) is 27.7. The summed E-state index contributed by atoms with van der Waals surface area (Å²) < 4.78 is 5.82. The fourth-order valence-electron chi connectivity index (χ4n) is 12.2. The molecule has 3 aliphatic rings. The molecule has 2 aromatic carbocycles. The van der Waals surface area contributed by atoms with E-state index in [9.17, 15) is 92.7 Å². The van der Waals surface area contributed by atoms with E-state index >= 15 is 0 Å². The number of carboxylic acids is 2. The van der Waals surface area contributed by atoms with Crippen molar-refractivity contribution in [3.05, 3.63) is 59.7 Å². The van der Waals surface area contributed by atoms with Crippen LogP contribution in [0, 0.1) is 11.8 Å². The quantitative estimate of drug-likeness (QED) is 0.0198. The minimum absolute atomic E-state index is 0.0228. The molecule has 18 N–H and O–H groups in total. The summed E-state index contributed by atoms with van der Waals surface area (Å²) in [6, 6.07) is -4.88. The van der Waals surface area contributed by atoms with Gasteiger partial charge in [0.25, 0.3) is 0 Å². The topological polar surface area (TPSA) is 513 Å². The Morgan fingerprint density at radius 2 is 1.17 bits per heavy atom. The van der Waals surface area contributed by atoms with Crippen LogP contribution in [-0.4, -0.2) is 199 Å². The number of aliphatic hydroxyl groups is 2. The summed E-state index contributed by atoms with van der Waals surface area (Å²) >= 11 is 0. The fourth-order valence-corrected chi connectivity index (χ4v) is 12.2. The number of aromatic hydroxyl groups is 1. The van der Waals surface area contributed by atoms with Gasteiger partial charge >= 0.3 is 17.9 Å². The third-order valence-corrected chi connectivity index (χ3v) is 18.9. The van der Waals surface area contributed by atoms with Gasteiger partial charge in [-0.3, -0.25) is 62.3 Å². The van der Waals surface area contributed by atoms with Crippen molar-refractivity contribution in [2.24, 2.45) is 23.3 Å². The molecule has 1 saturated heterocycles. The van der Waals surface area contributed by atoms with E-state index in [-0.39, 0.29) is 62.3 Å². The minimum atomic E-state index is -1.98. The summed E-state index contributed by atoms with van der Waals surface area (Å²) in [7, 11) is 0. The van der Waals surface area contributed by atoms with Gasteiger partial charge < -0.3 is 94.5 Å². The Hall–Kier alpha value is -9.30. The number of benzene rings is 2. The lowest BCUT2D eigenvalue weighted by atomic mass is 9.97. The number of nitrogens with one attached hydrogen (secondary N) is 9. The molecular formula is C73H112N12O20. The molecule has 1 fully saturated rings. The number of fused-ring (bicyclic) bond motifs is 23. The van der Waals surface area contributed by atoms with Crippen LogP contribution in [0.3, 0.4) is 0 Å². The molecule has 32 nitrogen and oxygen atoms in total. The first kappa shape index (κ1) is 88.1. The summed E-state index contributed by atoms with van der Waals surface area (Å²) in [4.78, 5) is 195. The second kappa shape index (κ2) is 45.8. The predicted molar refractivity (Wildman–Crippen MR) is 383 cm³/mol. The summed E-state index contributed by atoms with van der Waals surface area (Å²) in [5, 5.41) is 74.1. The van der Waals surface area contributed by atoms with Gasteiger partial charge in [-0.15, -0.1) is 0 Å². The van der Waals surface area contributed by atoms with Crippen molar-refractivity contribution in [1.29, 1.82) is 0 Å². The third-order valence-electron chi connectivity index (χ3n) is 18.9. The van der Waals surface area contributed by atoms with Crippen LogP contribution in [0.4, 0.5) is 0 Å². The molecule has 3 aliphatic heterocycles. The molecule has 0 spiro atoms. The fraction of sp³-hybridized carbons (Fsp3) is 0.644. The number of amides is 11. The van der Waals surface area contributed by atoms with Gasteiger partial charge in [0, 0.05) is 38.6 Å². The highest BCUT2D eigenvalue weighted by atomic mass is 16.5. The van der Waals surface area contributed by atoms with Gasteiger partial charge in [0.15, 0.2) is 0 Å². The SMILES string of the molecule is CCC(C)CCCCCCCCCC[C@@H](O)CC(=O)NC(CCC(=O)O)C(=O)NC(CCCN)C(=O)NC1Cc2ccc(cc2)OC(=O)C(C(C)CC)NC(=O)C(Cc2ccc(O)cc2)NC(=O)C(CCC(N)=O)NC(=O)C2CCCN2C(=O)C(C)NC(=O)C(CCC(=O)O)NC(=O)[C@@H]([C@@H](C)O)NC1=O. The van der Waals surface area contributed by atoms with E-state index in [4.69, 9.17) is 16.2 Å². The number of carbonyl (C=O) groups is 14. The van der Waals surface area contributed by atoms with Crippen molar-refractivity contribution < 1.29 is 97.4 Å². The number of carbonyl (C=O) groups excluding carboxylic acids is 12. The standard InChI is InChI=1S/C73H112N12O20/c1-7-42(3)19-15-13-11-9-10-12-14-16-20-49(88)41-59(90)77-52(32-35-60(91)92)66(97)78-51(21-17-37-74)65(96)81-56-40-47-25-29-50(30-26-47)105-73(104)62(43(4)8-2)83-68(99)55(39-46-23-27-48(87)28-24-46)82-67(98)53(31-34-58(75)89)79-70(101)57-22-18-38-85(57)72(103)44(5)76-64(95)54(33-36-61(93)94)80-71(102)63(45(6)86)84-69(56)100/h23-30,42-45,49,51-57,62-63,86-88H,7-22,31-41,74H2,1-6H3,(H2,75,89)(H,76,95)(H,77,90)(H,78,97)(H,79,101)(H,80,102)(H,81,96)(H,82,98)(H,83,99)(H,84,100)(H,91,92)(H,93,94)/t42?,43?,44?,45-,49-,51?,52?,53?,54?,55?,56?,57?,62?,63-/m1/s1. The van der Waals surface area contributed by atoms with E-state index in [1.54, 1.807) is 13.8 Å². The Bertz CT molecular complexity index is 3230. The van der Waals surface area contributed by atoms with Gasteiger partial charge in [-0.2, -0.15) is 0 Å². The number of unbranched alkanes of at least 4 members (excludes halogenated alkanes) is 7. The molecule has 0 radical (unpaired) electrons. The number of ether oxygens (including phenoxy) is 1. The van der Waals surface area contributed by atoms with Gasteiger partial charge in [0.05, 0.1) is 18.6 Å². The Morgan fingerprint density at radius 1 is 0.610 bits per heavy atom. The van der Waals surface area contributed by atoms with Gasteiger partial charge in [0.1, 0.15) is 71.9 Å². The zero-order valence-corrected chi connectivity index (χ0v) is 61.3. The summed E-state index contributed by atoms with van der Waals surface area (Å²) in [6.45, 7) is 10.1. The molecular weight excluding hydrogens is 1360 g/mol. The number of hydrogen-bond donors (Lipinski definition) is 16. The van der Waals surface area contributed by atoms with Crippen LogP contribution in [0.5, 0.6) is 11.5 Å². The summed E-state index contributed by atoms with van der Waals surface area (Å²) in [6.07, 6.45) is 4.02. The zero-order valence-electron chi connectivity index (χ0n) is 61.3. The second-order valence-corrected chi connectivity index (χ2v) is 27.7. The highest BCUT2D eigenvalue weighted by Gasteiger charge is 2.41. The van der Waals surface area contributed by atoms with Crippen LogP contribution in [0.1, 0.15) is 200 Å². The van der Waals surface area contributed by atoms with Crippen LogP contribution < -0.4 is 64.1 Å². The average molecular weight is 1480 g/mol. The first-order chi connectivity index (χ1) is 49.8. The van der Waals surface area contributed by atoms with E-state index in [2.05, 4.69) is 61.7 Å². The van der Waals surface area contributed by atoms with E-state index in [1.807, 2.05) is 0 Å². The Labute approximate surface area is 612 Å². The largest absolute Gasteiger partial charge is 0.508 e. The maximum absolute atomic E-state index is 14.8. The van der Waals surface area contributed by atoms with Crippen molar-refractivity contribution in [3.63, 3.8) is 0 Å². The molecule has 14 atom stereocenters. The number of carboxylic acid groups (broad SMARTS) is 2.